The number of rotatable bonds is 5. The zero-order chi connectivity index (χ0) is 15.4. The summed E-state index contributed by atoms with van der Waals surface area (Å²) in [6.45, 7) is 0.742. The van der Waals surface area contributed by atoms with E-state index in [0.29, 0.717) is 12.3 Å². The van der Waals surface area contributed by atoms with Crippen molar-refractivity contribution < 1.29 is 9.50 Å². The second-order valence-corrected chi connectivity index (χ2v) is 6.86. The molecule has 0 bridgehead atoms. The number of aliphatic hydroxyl groups is 1. The molecule has 1 fully saturated rings. The van der Waals surface area contributed by atoms with E-state index < -0.39 is 0 Å². The molecule has 3 rings (SSSR count). The Morgan fingerprint density at radius 1 is 1.18 bits per heavy atom. The zero-order valence-electron chi connectivity index (χ0n) is 12.3. The van der Waals surface area contributed by atoms with Crippen molar-refractivity contribution >= 4 is 16.5 Å². The molecule has 4 nitrogen and oxygen atoms in total. The summed E-state index contributed by atoms with van der Waals surface area (Å²) >= 11 is 1.51. The summed E-state index contributed by atoms with van der Waals surface area (Å²) < 4.78 is 12.9. The van der Waals surface area contributed by atoms with Gasteiger partial charge in [-0.05, 0) is 30.5 Å². The fraction of sp³-hybridized carbons (Fsp3) is 0.500. The highest BCUT2D eigenvalue weighted by Gasteiger charge is 2.22. The highest BCUT2D eigenvalue weighted by molar-refractivity contribution is 7.15. The van der Waals surface area contributed by atoms with Gasteiger partial charge in [-0.25, -0.2) is 4.39 Å². The molecule has 1 aliphatic carbocycles. The van der Waals surface area contributed by atoms with Gasteiger partial charge in [0.1, 0.15) is 10.8 Å². The molecular weight excluding hydrogens is 301 g/mol. The van der Waals surface area contributed by atoms with Crippen LogP contribution in [0.5, 0.6) is 0 Å². The molecule has 1 heterocycles. The third kappa shape index (κ3) is 4.01. The van der Waals surface area contributed by atoms with Crippen LogP contribution < -0.4 is 5.32 Å². The van der Waals surface area contributed by atoms with E-state index in [0.717, 1.165) is 41.5 Å². The second-order valence-electron chi connectivity index (χ2n) is 5.80. The average molecular weight is 321 g/mol. The average Bonchev–Trinajstić information content (AvgIpc) is 2.96. The number of nitrogens with zero attached hydrogens (tertiary/aromatic N) is 2. The highest BCUT2D eigenvalue weighted by atomic mass is 32.1. The molecule has 6 heteroatoms. The molecule has 1 aromatic heterocycles. The molecule has 1 saturated carbocycles. The number of anilines is 1. The van der Waals surface area contributed by atoms with Crippen LogP contribution >= 0.6 is 11.3 Å². The SMILES string of the molecule is OC1CCCCC1CNc1nnc(Cc2ccc(F)cc2)s1. The molecule has 0 amide bonds. The Morgan fingerprint density at radius 3 is 2.73 bits per heavy atom. The van der Waals surface area contributed by atoms with Crippen molar-refractivity contribution in [3.63, 3.8) is 0 Å². The Balaban J connectivity index is 1.53. The van der Waals surface area contributed by atoms with E-state index in [1.54, 1.807) is 12.1 Å². The Hall–Kier alpha value is -1.53. The third-order valence-corrected chi connectivity index (χ3v) is 5.00. The quantitative estimate of drug-likeness (QED) is 0.888. The van der Waals surface area contributed by atoms with Crippen molar-refractivity contribution in [2.24, 2.45) is 5.92 Å². The molecule has 118 valence electrons. The van der Waals surface area contributed by atoms with E-state index in [2.05, 4.69) is 15.5 Å². The van der Waals surface area contributed by atoms with Crippen LogP contribution in [0.2, 0.25) is 0 Å². The number of aromatic nitrogens is 2. The van der Waals surface area contributed by atoms with Gasteiger partial charge in [0.25, 0.3) is 0 Å². The minimum atomic E-state index is -0.227. The van der Waals surface area contributed by atoms with Crippen LogP contribution in [0.3, 0.4) is 0 Å². The number of aliphatic hydroxyl groups excluding tert-OH is 1. The summed E-state index contributed by atoms with van der Waals surface area (Å²) in [5.41, 5.74) is 1.02. The van der Waals surface area contributed by atoms with Gasteiger partial charge in [0.05, 0.1) is 6.10 Å². The van der Waals surface area contributed by atoms with Gasteiger partial charge < -0.3 is 10.4 Å². The topological polar surface area (TPSA) is 58.0 Å². The van der Waals surface area contributed by atoms with Gasteiger partial charge in [-0.3, -0.25) is 0 Å². The molecule has 1 aliphatic rings. The standard InChI is InChI=1S/C16H20FN3OS/c17-13-7-5-11(6-8-13)9-15-19-20-16(22-15)18-10-12-3-1-2-4-14(12)21/h5-8,12,14,21H,1-4,9-10H2,(H,18,20). The molecule has 0 saturated heterocycles. The van der Waals surface area contributed by atoms with E-state index in [1.807, 2.05) is 0 Å². The Kier molecular flexibility index (Phi) is 5.00. The van der Waals surface area contributed by atoms with Gasteiger partial charge in [0.2, 0.25) is 5.13 Å². The van der Waals surface area contributed by atoms with Crippen LogP contribution in [0.15, 0.2) is 24.3 Å². The van der Waals surface area contributed by atoms with Crippen LogP contribution in [0.4, 0.5) is 9.52 Å². The van der Waals surface area contributed by atoms with Gasteiger partial charge in [0, 0.05) is 18.9 Å². The molecule has 0 spiro atoms. The van der Waals surface area contributed by atoms with Crippen molar-refractivity contribution in [3.05, 3.63) is 40.7 Å². The van der Waals surface area contributed by atoms with Crippen molar-refractivity contribution in [2.45, 2.75) is 38.2 Å². The summed E-state index contributed by atoms with van der Waals surface area (Å²) in [6.07, 6.45) is 4.74. The maximum absolute atomic E-state index is 12.9. The Bertz CT molecular complexity index is 602. The fourth-order valence-electron chi connectivity index (χ4n) is 2.82. The number of hydrogen-bond acceptors (Lipinski definition) is 5. The van der Waals surface area contributed by atoms with Gasteiger partial charge in [-0.1, -0.05) is 36.3 Å². The van der Waals surface area contributed by atoms with Gasteiger partial charge >= 0.3 is 0 Å². The summed E-state index contributed by atoms with van der Waals surface area (Å²) in [5.74, 6) is 0.0765. The van der Waals surface area contributed by atoms with Gasteiger partial charge in [-0.15, -0.1) is 10.2 Å². The van der Waals surface area contributed by atoms with E-state index in [1.165, 1.54) is 29.9 Å². The van der Waals surface area contributed by atoms with E-state index in [9.17, 15) is 9.50 Å². The highest BCUT2D eigenvalue weighted by Crippen LogP contribution is 2.25. The maximum Gasteiger partial charge on any atom is 0.205 e. The van der Waals surface area contributed by atoms with Crippen molar-refractivity contribution in [1.82, 2.24) is 10.2 Å². The fourth-order valence-corrected chi connectivity index (χ4v) is 3.60. The molecule has 0 aliphatic heterocycles. The molecule has 2 atom stereocenters. The first kappa shape index (κ1) is 15.4. The molecule has 2 N–H and O–H groups in total. The zero-order valence-corrected chi connectivity index (χ0v) is 13.2. The lowest BCUT2D eigenvalue weighted by Gasteiger charge is -2.27. The Morgan fingerprint density at radius 2 is 1.95 bits per heavy atom. The van der Waals surface area contributed by atoms with E-state index >= 15 is 0 Å². The molecule has 1 aromatic carbocycles. The normalized spacial score (nSPS) is 21.7. The number of halogens is 1. The lowest BCUT2D eigenvalue weighted by molar-refractivity contribution is 0.0763. The summed E-state index contributed by atoms with van der Waals surface area (Å²) in [6, 6.07) is 6.45. The first-order chi connectivity index (χ1) is 10.7. The monoisotopic (exact) mass is 321 g/mol. The number of nitrogens with one attached hydrogen (secondary N) is 1. The first-order valence-electron chi connectivity index (χ1n) is 7.69. The minimum absolute atomic E-state index is 0.201. The predicted molar refractivity (Wildman–Crippen MR) is 85.6 cm³/mol. The summed E-state index contributed by atoms with van der Waals surface area (Å²) in [7, 11) is 0. The summed E-state index contributed by atoms with van der Waals surface area (Å²) in [4.78, 5) is 0. The molecule has 2 unspecified atom stereocenters. The van der Waals surface area contributed by atoms with Crippen molar-refractivity contribution in [1.29, 1.82) is 0 Å². The van der Waals surface area contributed by atoms with Crippen LogP contribution in [0.1, 0.15) is 36.3 Å². The largest absolute Gasteiger partial charge is 0.393 e. The maximum atomic E-state index is 12.9. The van der Waals surface area contributed by atoms with Crippen LogP contribution in [-0.4, -0.2) is 28.0 Å². The minimum Gasteiger partial charge on any atom is -0.393 e. The predicted octanol–water partition coefficient (Wildman–Crippen LogP) is 3.23. The third-order valence-electron chi connectivity index (χ3n) is 4.12. The van der Waals surface area contributed by atoms with E-state index in [-0.39, 0.29) is 11.9 Å². The first-order valence-corrected chi connectivity index (χ1v) is 8.51. The Labute approximate surface area is 133 Å². The van der Waals surface area contributed by atoms with E-state index in [4.69, 9.17) is 0 Å². The van der Waals surface area contributed by atoms with Crippen LogP contribution in [-0.2, 0) is 6.42 Å². The summed E-state index contributed by atoms with van der Waals surface area (Å²) in [5, 5.41) is 23.2. The van der Waals surface area contributed by atoms with Gasteiger partial charge in [-0.2, -0.15) is 0 Å². The molecule has 0 radical (unpaired) electrons. The smallest absolute Gasteiger partial charge is 0.205 e. The molecular formula is C16H20FN3OS. The second kappa shape index (κ2) is 7.15. The molecule has 22 heavy (non-hydrogen) atoms. The number of benzene rings is 1. The number of hydrogen-bond donors (Lipinski definition) is 2. The van der Waals surface area contributed by atoms with Crippen LogP contribution in [0.25, 0.3) is 0 Å². The van der Waals surface area contributed by atoms with Crippen molar-refractivity contribution in [2.75, 3.05) is 11.9 Å². The lowest BCUT2D eigenvalue weighted by atomic mass is 9.86. The molecule has 2 aromatic rings. The van der Waals surface area contributed by atoms with Crippen LogP contribution in [0, 0.1) is 11.7 Å². The lowest BCUT2D eigenvalue weighted by Crippen LogP contribution is -2.30. The van der Waals surface area contributed by atoms with Crippen molar-refractivity contribution in [3.8, 4) is 0 Å². The van der Waals surface area contributed by atoms with Gasteiger partial charge in [0.15, 0.2) is 0 Å².